The molecule has 25 heavy (non-hydrogen) atoms. The number of carbonyl (C=O) groups excluding carboxylic acids is 1. The van der Waals surface area contributed by atoms with Crippen molar-refractivity contribution in [1.29, 1.82) is 0 Å². The number of aryl methyl sites for hydroxylation is 1. The third-order valence-corrected chi connectivity index (χ3v) is 4.81. The average Bonchev–Trinajstić information content (AvgIpc) is 3.17. The minimum absolute atomic E-state index is 0. The van der Waals surface area contributed by atoms with Gasteiger partial charge in [0.25, 0.3) is 0 Å². The van der Waals surface area contributed by atoms with Crippen LogP contribution in [0.1, 0.15) is 38.3 Å². The lowest BCUT2D eigenvalue weighted by atomic mass is 10.1. The molecule has 7 heteroatoms. The maximum absolute atomic E-state index is 11.9. The van der Waals surface area contributed by atoms with Crippen molar-refractivity contribution < 1.29 is 4.79 Å². The van der Waals surface area contributed by atoms with Crippen molar-refractivity contribution in [1.82, 2.24) is 19.7 Å². The van der Waals surface area contributed by atoms with Crippen molar-refractivity contribution in [3.8, 4) is 0 Å². The fraction of sp³-hybridized carbons (Fsp3) is 0.667. The van der Waals surface area contributed by atoms with Crippen LogP contribution in [-0.4, -0.2) is 59.5 Å². The van der Waals surface area contributed by atoms with Crippen molar-refractivity contribution in [2.24, 2.45) is 12.0 Å². The van der Waals surface area contributed by atoms with Crippen molar-refractivity contribution in [2.45, 2.75) is 45.2 Å². The molecule has 1 atom stereocenters. The molecule has 142 valence electrons. The van der Waals surface area contributed by atoms with Gasteiger partial charge in [0.05, 0.1) is 6.54 Å². The molecule has 1 aliphatic rings. The third kappa shape index (κ3) is 5.90. The molecule has 2 rings (SSSR count). The van der Waals surface area contributed by atoms with E-state index in [1.54, 1.807) is 0 Å². The molecule has 1 saturated heterocycles. The largest absolute Gasteiger partial charge is 0.356 e. The molecule has 0 saturated carbocycles. The summed E-state index contributed by atoms with van der Waals surface area (Å²) < 4.78 is 2.12. The summed E-state index contributed by atoms with van der Waals surface area (Å²) >= 11 is 0. The number of hydrogen-bond acceptors (Lipinski definition) is 2. The van der Waals surface area contributed by atoms with E-state index in [0.29, 0.717) is 18.4 Å². The molecule has 6 nitrogen and oxygen atoms in total. The summed E-state index contributed by atoms with van der Waals surface area (Å²) in [6.07, 6.45) is 5.73. The summed E-state index contributed by atoms with van der Waals surface area (Å²) in [7, 11) is 5.91. The highest BCUT2D eigenvalue weighted by atomic mass is 127. The Morgan fingerprint density at radius 3 is 2.76 bits per heavy atom. The average molecular weight is 461 g/mol. The van der Waals surface area contributed by atoms with Gasteiger partial charge in [0.1, 0.15) is 0 Å². The number of likely N-dealkylation sites (tertiary alicyclic amines) is 1. The van der Waals surface area contributed by atoms with Gasteiger partial charge in [-0.2, -0.15) is 0 Å². The monoisotopic (exact) mass is 461 g/mol. The van der Waals surface area contributed by atoms with Crippen LogP contribution in [0.4, 0.5) is 0 Å². The molecular weight excluding hydrogens is 429 g/mol. The Bertz CT molecular complexity index is 572. The Kier molecular flexibility index (Phi) is 9.31. The van der Waals surface area contributed by atoms with E-state index < -0.39 is 0 Å². The fourth-order valence-corrected chi connectivity index (χ4v) is 3.35. The summed E-state index contributed by atoms with van der Waals surface area (Å²) in [5.74, 6) is 1.20. The number of amides is 1. The topological polar surface area (TPSA) is 52.9 Å². The minimum atomic E-state index is 0. The molecule has 2 heterocycles. The number of aromatic nitrogens is 1. The summed E-state index contributed by atoms with van der Waals surface area (Å²) in [6.45, 7) is 4.71. The first-order valence-electron chi connectivity index (χ1n) is 8.88. The van der Waals surface area contributed by atoms with Crippen molar-refractivity contribution in [2.75, 3.05) is 27.2 Å². The zero-order valence-corrected chi connectivity index (χ0v) is 18.2. The van der Waals surface area contributed by atoms with Gasteiger partial charge in [0.2, 0.25) is 5.91 Å². The Labute approximate surface area is 168 Å². The molecule has 1 N–H and O–H groups in total. The highest BCUT2D eigenvalue weighted by molar-refractivity contribution is 14.0. The van der Waals surface area contributed by atoms with Gasteiger partial charge in [0.15, 0.2) is 5.96 Å². The van der Waals surface area contributed by atoms with E-state index in [4.69, 9.17) is 0 Å². The Morgan fingerprint density at radius 1 is 1.48 bits per heavy atom. The van der Waals surface area contributed by atoms with Gasteiger partial charge in [0, 0.05) is 58.6 Å². The van der Waals surface area contributed by atoms with E-state index in [1.165, 1.54) is 5.69 Å². The van der Waals surface area contributed by atoms with Crippen LogP contribution in [0.5, 0.6) is 0 Å². The lowest BCUT2D eigenvalue weighted by molar-refractivity contribution is -0.129. The van der Waals surface area contributed by atoms with Gasteiger partial charge in [-0.15, -0.1) is 24.0 Å². The normalized spacial score (nSPS) is 15.9. The number of guanidine groups is 1. The molecule has 1 unspecified atom stereocenters. The summed E-state index contributed by atoms with van der Waals surface area (Å²) in [5.41, 5.74) is 1.24. The standard InChI is InChI=1S/C18H31N5O.HI/c1-5-15(23-13-7-9-17(23)24)10-11-20-18(19-2)22(4)14-16-8-6-12-21(16)3;/h6,8,12,15H,5,7,9-11,13-14H2,1-4H3,(H,19,20);1H. The van der Waals surface area contributed by atoms with Crippen LogP contribution in [0.3, 0.4) is 0 Å². The number of halogens is 1. The van der Waals surface area contributed by atoms with E-state index in [2.05, 4.69) is 57.0 Å². The number of nitrogens with zero attached hydrogens (tertiary/aromatic N) is 4. The first-order chi connectivity index (χ1) is 11.6. The molecule has 1 aromatic rings. The van der Waals surface area contributed by atoms with E-state index in [-0.39, 0.29) is 24.0 Å². The molecule has 0 spiro atoms. The molecule has 0 aromatic carbocycles. The second kappa shape index (κ2) is 10.7. The van der Waals surface area contributed by atoms with E-state index in [9.17, 15) is 4.79 Å². The molecule has 1 amide bonds. The predicted octanol–water partition coefficient (Wildman–Crippen LogP) is 2.44. The van der Waals surface area contributed by atoms with Crippen LogP contribution in [0.15, 0.2) is 23.3 Å². The second-order valence-corrected chi connectivity index (χ2v) is 6.48. The van der Waals surface area contributed by atoms with E-state index in [0.717, 1.165) is 44.9 Å². The molecular formula is C18H32IN5O. The Hall–Kier alpha value is -1.25. The minimum Gasteiger partial charge on any atom is -0.356 e. The smallest absolute Gasteiger partial charge is 0.222 e. The first-order valence-corrected chi connectivity index (χ1v) is 8.88. The van der Waals surface area contributed by atoms with E-state index >= 15 is 0 Å². The molecule has 1 aromatic heterocycles. The van der Waals surface area contributed by atoms with Crippen molar-refractivity contribution >= 4 is 35.8 Å². The highest BCUT2D eigenvalue weighted by Crippen LogP contribution is 2.17. The molecule has 1 fully saturated rings. The number of hydrogen-bond donors (Lipinski definition) is 1. The van der Waals surface area contributed by atoms with Gasteiger partial charge in [-0.05, 0) is 31.4 Å². The molecule has 0 aliphatic carbocycles. The predicted molar refractivity (Wildman–Crippen MR) is 113 cm³/mol. The number of rotatable bonds is 7. The third-order valence-electron chi connectivity index (χ3n) is 4.81. The lowest BCUT2D eigenvalue weighted by Crippen LogP contribution is -2.42. The van der Waals surface area contributed by atoms with Crippen LogP contribution < -0.4 is 5.32 Å². The summed E-state index contributed by atoms with van der Waals surface area (Å²) in [5, 5.41) is 3.43. The fourth-order valence-electron chi connectivity index (χ4n) is 3.35. The maximum Gasteiger partial charge on any atom is 0.222 e. The highest BCUT2D eigenvalue weighted by Gasteiger charge is 2.26. The maximum atomic E-state index is 11.9. The molecule has 0 bridgehead atoms. The van der Waals surface area contributed by atoms with Gasteiger partial charge in [-0.3, -0.25) is 9.79 Å². The van der Waals surface area contributed by atoms with Crippen LogP contribution in [0.25, 0.3) is 0 Å². The summed E-state index contributed by atoms with van der Waals surface area (Å²) in [6, 6.07) is 4.51. The Morgan fingerprint density at radius 2 is 2.24 bits per heavy atom. The van der Waals surface area contributed by atoms with Crippen LogP contribution >= 0.6 is 24.0 Å². The lowest BCUT2D eigenvalue weighted by Gasteiger charge is -2.28. The van der Waals surface area contributed by atoms with Crippen LogP contribution in [-0.2, 0) is 18.4 Å². The number of nitrogens with one attached hydrogen (secondary N) is 1. The zero-order valence-electron chi connectivity index (χ0n) is 15.9. The molecule has 1 aliphatic heterocycles. The zero-order chi connectivity index (χ0) is 17.5. The quantitative estimate of drug-likeness (QED) is 0.386. The van der Waals surface area contributed by atoms with Crippen LogP contribution in [0, 0.1) is 0 Å². The van der Waals surface area contributed by atoms with E-state index in [1.807, 2.05) is 14.1 Å². The van der Waals surface area contributed by atoms with Gasteiger partial charge in [-0.1, -0.05) is 6.92 Å². The second-order valence-electron chi connectivity index (χ2n) is 6.48. The first kappa shape index (κ1) is 21.8. The molecule has 0 radical (unpaired) electrons. The SMILES string of the molecule is CCC(CCNC(=NC)N(C)Cc1cccn1C)N1CCCC1=O.I. The van der Waals surface area contributed by atoms with Crippen LogP contribution in [0.2, 0.25) is 0 Å². The Balaban J connectivity index is 0.00000312. The van der Waals surface area contributed by atoms with Gasteiger partial charge in [-0.25, -0.2) is 0 Å². The summed E-state index contributed by atoms with van der Waals surface area (Å²) in [4.78, 5) is 20.5. The number of carbonyl (C=O) groups is 1. The number of aliphatic imine (C=N–C) groups is 1. The van der Waals surface area contributed by atoms with Gasteiger partial charge < -0.3 is 19.7 Å². The van der Waals surface area contributed by atoms with Crippen molar-refractivity contribution in [3.05, 3.63) is 24.0 Å². The van der Waals surface area contributed by atoms with Crippen molar-refractivity contribution in [3.63, 3.8) is 0 Å². The van der Waals surface area contributed by atoms with Gasteiger partial charge >= 0.3 is 0 Å².